The van der Waals surface area contributed by atoms with Gasteiger partial charge in [0.1, 0.15) is 0 Å². The van der Waals surface area contributed by atoms with Crippen LogP contribution in [0.1, 0.15) is 20.3 Å². The lowest BCUT2D eigenvalue weighted by molar-refractivity contribution is -0.119. The van der Waals surface area contributed by atoms with E-state index in [9.17, 15) is 9.59 Å². The smallest absolute Gasteiger partial charge is 0.217 e. The first-order valence-electron chi connectivity index (χ1n) is 4.18. The molecule has 76 valence electrons. The van der Waals surface area contributed by atoms with E-state index in [2.05, 4.69) is 23.3 Å². The average molecular weight is 204 g/mol. The second-order valence-electron chi connectivity index (χ2n) is 2.85. The summed E-state index contributed by atoms with van der Waals surface area (Å²) < 4.78 is 0. The van der Waals surface area contributed by atoms with Crippen LogP contribution in [-0.4, -0.2) is 30.2 Å². The molecule has 0 aromatic heterocycles. The topological polar surface area (TPSA) is 58.2 Å². The molecule has 0 radical (unpaired) electrons. The van der Waals surface area contributed by atoms with Gasteiger partial charge in [-0.1, -0.05) is 0 Å². The zero-order valence-corrected chi connectivity index (χ0v) is 8.86. The summed E-state index contributed by atoms with van der Waals surface area (Å²) in [5, 5.41) is 5.40. The Bertz CT molecular complexity index is 185. The monoisotopic (exact) mass is 204 g/mol. The van der Waals surface area contributed by atoms with Crippen LogP contribution in [0.2, 0.25) is 0 Å². The van der Waals surface area contributed by atoms with Crippen LogP contribution in [0, 0.1) is 0 Å². The second kappa shape index (κ2) is 6.77. The molecule has 0 heterocycles. The van der Waals surface area contributed by atoms with Crippen molar-refractivity contribution in [1.29, 1.82) is 0 Å². The van der Waals surface area contributed by atoms with Crippen LogP contribution in [0.3, 0.4) is 0 Å². The molecule has 0 spiro atoms. The minimum atomic E-state index is -0.0677. The van der Waals surface area contributed by atoms with E-state index in [1.165, 1.54) is 13.8 Å². The van der Waals surface area contributed by atoms with Crippen molar-refractivity contribution < 1.29 is 9.59 Å². The van der Waals surface area contributed by atoms with Gasteiger partial charge in [0.05, 0.1) is 0 Å². The van der Waals surface area contributed by atoms with Crippen LogP contribution < -0.4 is 10.6 Å². The molecule has 0 aromatic rings. The van der Waals surface area contributed by atoms with E-state index >= 15 is 0 Å². The summed E-state index contributed by atoms with van der Waals surface area (Å²) in [5.74, 6) is 0.460. The highest BCUT2D eigenvalue weighted by Crippen LogP contribution is 1.93. The van der Waals surface area contributed by atoms with Crippen LogP contribution in [0.4, 0.5) is 0 Å². The van der Waals surface area contributed by atoms with Crippen molar-refractivity contribution in [3.63, 3.8) is 0 Å². The van der Waals surface area contributed by atoms with Crippen molar-refractivity contribution in [2.75, 3.05) is 12.3 Å². The number of thiol groups is 1. The molecule has 13 heavy (non-hydrogen) atoms. The van der Waals surface area contributed by atoms with Crippen molar-refractivity contribution in [2.24, 2.45) is 0 Å². The maximum Gasteiger partial charge on any atom is 0.217 e. The SMILES string of the molecule is CC(=O)NCCC(CS)NC(C)=O. The summed E-state index contributed by atoms with van der Waals surface area (Å²) in [6.07, 6.45) is 0.711. The Morgan fingerprint density at radius 1 is 1.31 bits per heavy atom. The minimum absolute atomic E-state index is 0.0349. The Balaban J connectivity index is 3.59. The number of hydrogen-bond donors (Lipinski definition) is 3. The van der Waals surface area contributed by atoms with Crippen LogP contribution in [-0.2, 0) is 9.59 Å². The maximum atomic E-state index is 10.7. The molecule has 0 rings (SSSR count). The molecule has 0 bridgehead atoms. The fourth-order valence-electron chi connectivity index (χ4n) is 0.919. The predicted molar refractivity (Wildman–Crippen MR) is 54.8 cm³/mol. The molecular weight excluding hydrogens is 188 g/mol. The lowest BCUT2D eigenvalue weighted by Gasteiger charge is -2.14. The third-order valence-electron chi connectivity index (χ3n) is 1.49. The summed E-state index contributed by atoms with van der Waals surface area (Å²) in [6.45, 7) is 3.50. The molecule has 0 aliphatic carbocycles. The van der Waals surface area contributed by atoms with E-state index in [1.54, 1.807) is 0 Å². The van der Waals surface area contributed by atoms with Gasteiger partial charge in [0.2, 0.25) is 11.8 Å². The molecule has 0 aromatic carbocycles. The molecule has 1 unspecified atom stereocenters. The third kappa shape index (κ3) is 7.64. The second-order valence-corrected chi connectivity index (χ2v) is 3.22. The van der Waals surface area contributed by atoms with Gasteiger partial charge in [-0.15, -0.1) is 0 Å². The summed E-state index contributed by atoms with van der Waals surface area (Å²) in [7, 11) is 0. The molecule has 1 atom stereocenters. The zero-order chi connectivity index (χ0) is 10.3. The average Bonchev–Trinajstić information content (AvgIpc) is 2.01. The Labute approximate surface area is 83.9 Å². The summed E-state index contributed by atoms with van der Waals surface area (Å²) in [5.41, 5.74) is 0. The van der Waals surface area contributed by atoms with Gasteiger partial charge in [0.25, 0.3) is 0 Å². The van der Waals surface area contributed by atoms with Crippen LogP contribution in [0.15, 0.2) is 0 Å². The lowest BCUT2D eigenvalue weighted by atomic mass is 10.2. The number of rotatable bonds is 5. The van der Waals surface area contributed by atoms with Crippen LogP contribution >= 0.6 is 12.6 Å². The molecule has 0 aliphatic rings. The summed E-state index contributed by atoms with van der Waals surface area (Å²) in [6, 6.07) is 0.0349. The predicted octanol–water partition coefficient (Wildman–Crippen LogP) is -0.0529. The van der Waals surface area contributed by atoms with Crippen molar-refractivity contribution >= 4 is 24.4 Å². The van der Waals surface area contributed by atoms with Gasteiger partial charge in [-0.05, 0) is 6.42 Å². The largest absolute Gasteiger partial charge is 0.356 e. The fourth-order valence-corrected chi connectivity index (χ4v) is 1.19. The van der Waals surface area contributed by atoms with Gasteiger partial charge >= 0.3 is 0 Å². The van der Waals surface area contributed by atoms with Crippen LogP contribution in [0.25, 0.3) is 0 Å². The minimum Gasteiger partial charge on any atom is -0.356 e. The number of hydrogen-bond acceptors (Lipinski definition) is 3. The van der Waals surface area contributed by atoms with Crippen molar-refractivity contribution in [3.8, 4) is 0 Å². The highest BCUT2D eigenvalue weighted by Gasteiger charge is 2.06. The van der Waals surface area contributed by atoms with Crippen molar-refractivity contribution in [2.45, 2.75) is 26.3 Å². The van der Waals surface area contributed by atoms with E-state index in [1.807, 2.05) is 0 Å². The highest BCUT2D eigenvalue weighted by molar-refractivity contribution is 7.80. The standard InChI is InChI=1S/C8H16N2O2S/c1-6(11)9-4-3-8(5-13)10-7(2)12/h8,13H,3-5H2,1-2H3,(H,9,11)(H,10,12). The quantitative estimate of drug-likeness (QED) is 0.550. The zero-order valence-electron chi connectivity index (χ0n) is 7.96. The fraction of sp³-hybridized carbons (Fsp3) is 0.750. The van der Waals surface area contributed by atoms with Gasteiger partial charge in [-0.25, -0.2) is 0 Å². The highest BCUT2D eigenvalue weighted by atomic mass is 32.1. The summed E-state index contributed by atoms with van der Waals surface area (Å²) in [4.78, 5) is 21.2. The first kappa shape index (κ1) is 12.3. The van der Waals surface area contributed by atoms with Crippen molar-refractivity contribution in [3.05, 3.63) is 0 Å². The normalized spacial score (nSPS) is 11.9. The van der Waals surface area contributed by atoms with Gasteiger partial charge < -0.3 is 10.6 Å². The Morgan fingerprint density at radius 3 is 2.31 bits per heavy atom. The van der Waals surface area contributed by atoms with E-state index in [-0.39, 0.29) is 17.9 Å². The molecule has 0 saturated heterocycles. The first-order valence-corrected chi connectivity index (χ1v) is 4.82. The number of carbonyl (C=O) groups excluding carboxylic acids is 2. The van der Waals surface area contributed by atoms with Crippen LogP contribution in [0.5, 0.6) is 0 Å². The number of nitrogens with one attached hydrogen (secondary N) is 2. The van der Waals surface area contributed by atoms with Gasteiger partial charge in [0.15, 0.2) is 0 Å². The Kier molecular flexibility index (Phi) is 6.40. The number of carbonyl (C=O) groups is 2. The molecule has 2 amide bonds. The van der Waals surface area contributed by atoms with E-state index < -0.39 is 0 Å². The third-order valence-corrected chi connectivity index (χ3v) is 1.94. The summed E-state index contributed by atoms with van der Waals surface area (Å²) >= 11 is 4.09. The van der Waals surface area contributed by atoms with E-state index in [4.69, 9.17) is 0 Å². The van der Waals surface area contributed by atoms with Gasteiger partial charge in [-0.2, -0.15) is 12.6 Å². The molecule has 0 aliphatic heterocycles. The Hall–Kier alpha value is -0.710. The lowest BCUT2D eigenvalue weighted by Crippen LogP contribution is -2.37. The molecular formula is C8H16N2O2S. The van der Waals surface area contributed by atoms with Crippen molar-refractivity contribution in [1.82, 2.24) is 10.6 Å². The van der Waals surface area contributed by atoms with E-state index in [0.29, 0.717) is 18.7 Å². The van der Waals surface area contributed by atoms with Gasteiger partial charge in [-0.3, -0.25) is 9.59 Å². The molecule has 2 N–H and O–H groups in total. The molecule has 0 fully saturated rings. The molecule has 0 saturated carbocycles. The first-order chi connectivity index (χ1) is 6.06. The maximum absolute atomic E-state index is 10.7. The van der Waals surface area contributed by atoms with Gasteiger partial charge in [0, 0.05) is 32.2 Å². The number of amides is 2. The molecule has 4 nitrogen and oxygen atoms in total. The molecule has 5 heteroatoms. The van der Waals surface area contributed by atoms with E-state index in [0.717, 1.165) is 0 Å². The Morgan fingerprint density at radius 2 is 1.92 bits per heavy atom.